The van der Waals surface area contributed by atoms with E-state index in [1.807, 2.05) is 12.3 Å². The lowest BCUT2D eigenvalue weighted by molar-refractivity contribution is -0.146. The summed E-state index contributed by atoms with van der Waals surface area (Å²) in [7, 11) is 1.46. The molecule has 1 aromatic rings. The molecule has 2 rings (SSSR count). The zero-order valence-corrected chi connectivity index (χ0v) is 11.0. The molecule has 0 atom stereocenters. The Kier molecular flexibility index (Phi) is 3.99. The fourth-order valence-electron chi connectivity index (χ4n) is 2.24. The fourth-order valence-corrected chi connectivity index (χ4v) is 3.00. The largest absolute Gasteiger partial charge is 0.469 e. The summed E-state index contributed by atoms with van der Waals surface area (Å²) < 4.78 is 4.78. The Hall–Kier alpha value is -1.10. The van der Waals surface area contributed by atoms with Crippen LogP contribution < -0.4 is 5.32 Å². The van der Waals surface area contributed by atoms with Crippen LogP contribution in [-0.4, -0.2) is 24.1 Å². The second kappa shape index (κ2) is 5.49. The number of aromatic nitrogens is 1. The van der Waals surface area contributed by atoms with E-state index < -0.39 is 0 Å². The molecule has 0 amide bonds. The van der Waals surface area contributed by atoms with Crippen LogP contribution in [0, 0.1) is 12.8 Å². The van der Waals surface area contributed by atoms with Crippen molar-refractivity contribution < 1.29 is 9.53 Å². The third-order valence-electron chi connectivity index (χ3n) is 3.21. The van der Waals surface area contributed by atoms with Gasteiger partial charge in [0.2, 0.25) is 0 Å². The summed E-state index contributed by atoms with van der Waals surface area (Å²) in [6.07, 6.45) is 3.85. The Balaban J connectivity index is 1.81. The lowest BCUT2D eigenvalue weighted by Gasteiger charge is -2.27. The van der Waals surface area contributed by atoms with Crippen LogP contribution in [0.5, 0.6) is 0 Å². The predicted octanol–water partition coefficient (Wildman–Crippen LogP) is 2.60. The summed E-state index contributed by atoms with van der Waals surface area (Å²) in [5.41, 5.74) is 1.06. The highest BCUT2D eigenvalue weighted by Crippen LogP contribution is 2.28. The second-order valence-electron chi connectivity index (χ2n) is 4.51. The van der Waals surface area contributed by atoms with Crippen LogP contribution in [0.25, 0.3) is 0 Å². The zero-order chi connectivity index (χ0) is 12.3. The van der Waals surface area contributed by atoms with Gasteiger partial charge in [0.05, 0.1) is 18.7 Å². The molecule has 17 heavy (non-hydrogen) atoms. The molecule has 1 N–H and O–H groups in total. The third kappa shape index (κ3) is 3.19. The molecular weight excluding hydrogens is 236 g/mol. The van der Waals surface area contributed by atoms with Crippen LogP contribution in [0.3, 0.4) is 0 Å². The van der Waals surface area contributed by atoms with Gasteiger partial charge in [-0.3, -0.25) is 4.79 Å². The molecule has 5 heteroatoms. The van der Waals surface area contributed by atoms with E-state index in [0.29, 0.717) is 6.04 Å². The zero-order valence-electron chi connectivity index (χ0n) is 10.2. The van der Waals surface area contributed by atoms with Gasteiger partial charge >= 0.3 is 5.97 Å². The molecule has 0 unspecified atom stereocenters. The van der Waals surface area contributed by atoms with Gasteiger partial charge in [0.25, 0.3) is 0 Å². The molecule has 0 aliphatic heterocycles. The molecule has 0 saturated heterocycles. The summed E-state index contributed by atoms with van der Waals surface area (Å²) in [6, 6.07) is 0.446. The summed E-state index contributed by atoms with van der Waals surface area (Å²) >= 11 is 1.64. The van der Waals surface area contributed by atoms with Gasteiger partial charge in [-0.2, -0.15) is 0 Å². The maximum absolute atomic E-state index is 11.4. The average Bonchev–Trinajstić information content (AvgIpc) is 2.75. The van der Waals surface area contributed by atoms with Crippen LogP contribution >= 0.6 is 11.3 Å². The molecule has 0 spiro atoms. The van der Waals surface area contributed by atoms with E-state index in [-0.39, 0.29) is 11.9 Å². The van der Waals surface area contributed by atoms with Crippen molar-refractivity contribution in [2.75, 3.05) is 12.4 Å². The highest BCUT2D eigenvalue weighted by Gasteiger charge is 2.27. The first-order valence-corrected chi connectivity index (χ1v) is 6.83. The van der Waals surface area contributed by atoms with E-state index >= 15 is 0 Å². The molecule has 1 saturated carbocycles. The minimum Gasteiger partial charge on any atom is -0.469 e. The van der Waals surface area contributed by atoms with Gasteiger partial charge in [-0.25, -0.2) is 4.98 Å². The van der Waals surface area contributed by atoms with Gasteiger partial charge in [0.1, 0.15) is 0 Å². The van der Waals surface area contributed by atoms with Gasteiger partial charge in [-0.1, -0.05) is 0 Å². The Bertz CT molecular complexity index is 384. The number of ether oxygens (including phenoxy) is 1. The Morgan fingerprint density at radius 1 is 1.47 bits per heavy atom. The monoisotopic (exact) mass is 254 g/mol. The number of nitrogens with zero attached hydrogens (tertiary/aromatic N) is 1. The van der Waals surface area contributed by atoms with Crippen molar-refractivity contribution in [2.24, 2.45) is 5.92 Å². The first kappa shape index (κ1) is 12.4. The lowest BCUT2D eigenvalue weighted by atomic mass is 9.86. The molecule has 1 aliphatic rings. The predicted molar refractivity (Wildman–Crippen MR) is 68.2 cm³/mol. The van der Waals surface area contributed by atoms with Crippen molar-refractivity contribution in [3.8, 4) is 0 Å². The smallest absolute Gasteiger partial charge is 0.308 e. The number of rotatable bonds is 3. The average molecular weight is 254 g/mol. The summed E-state index contributed by atoms with van der Waals surface area (Å²) in [5.74, 6) is 0.0321. The summed E-state index contributed by atoms with van der Waals surface area (Å²) in [6.45, 7) is 2.00. The van der Waals surface area contributed by atoms with Crippen LogP contribution in [0.15, 0.2) is 5.38 Å². The first-order chi connectivity index (χ1) is 8.19. The first-order valence-electron chi connectivity index (χ1n) is 5.95. The normalized spacial score (nSPS) is 24.4. The Morgan fingerprint density at radius 2 is 2.18 bits per heavy atom. The maximum atomic E-state index is 11.4. The number of carbonyl (C=O) groups is 1. The SMILES string of the molecule is COC(=O)C1CCC(Nc2nc(C)cs2)CC1. The molecule has 0 bridgehead atoms. The third-order valence-corrected chi connectivity index (χ3v) is 4.10. The fraction of sp³-hybridized carbons (Fsp3) is 0.667. The van der Waals surface area contributed by atoms with Gasteiger partial charge in [0, 0.05) is 11.4 Å². The number of nitrogens with one attached hydrogen (secondary N) is 1. The lowest BCUT2D eigenvalue weighted by Crippen LogP contribution is -2.29. The summed E-state index contributed by atoms with van der Waals surface area (Å²) in [5, 5.41) is 6.47. The van der Waals surface area contributed by atoms with Gasteiger partial charge in [-0.05, 0) is 32.6 Å². The Labute approximate surface area is 105 Å². The minimum atomic E-state index is -0.0615. The van der Waals surface area contributed by atoms with Crippen molar-refractivity contribution >= 4 is 22.4 Å². The van der Waals surface area contributed by atoms with Crippen LogP contribution in [0.1, 0.15) is 31.4 Å². The maximum Gasteiger partial charge on any atom is 0.308 e. The van der Waals surface area contributed by atoms with E-state index in [1.54, 1.807) is 11.3 Å². The highest BCUT2D eigenvalue weighted by atomic mass is 32.1. The van der Waals surface area contributed by atoms with Crippen molar-refractivity contribution in [1.82, 2.24) is 4.98 Å². The standard InChI is InChI=1S/C12H18N2O2S/c1-8-7-17-12(13-8)14-10-5-3-9(4-6-10)11(15)16-2/h7,9-10H,3-6H2,1-2H3,(H,13,14). The molecular formula is C12H18N2O2S. The molecule has 94 valence electrons. The second-order valence-corrected chi connectivity index (χ2v) is 5.37. The number of anilines is 1. The minimum absolute atomic E-state index is 0.0615. The van der Waals surface area contributed by atoms with E-state index in [4.69, 9.17) is 4.74 Å². The van der Waals surface area contributed by atoms with E-state index in [9.17, 15) is 4.79 Å². The Morgan fingerprint density at radius 3 is 2.71 bits per heavy atom. The van der Waals surface area contributed by atoms with E-state index in [1.165, 1.54) is 7.11 Å². The number of hydrogen-bond donors (Lipinski definition) is 1. The van der Waals surface area contributed by atoms with Gasteiger partial charge < -0.3 is 10.1 Å². The highest BCUT2D eigenvalue weighted by molar-refractivity contribution is 7.13. The molecule has 1 aromatic heterocycles. The number of thiazole rings is 1. The van der Waals surface area contributed by atoms with Gasteiger partial charge in [0.15, 0.2) is 5.13 Å². The number of esters is 1. The van der Waals surface area contributed by atoms with Crippen molar-refractivity contribution in [3.63, 3.8) is 0 Å². The summed E-state index contributed by atoms with van der Waals surface area (Å²) in [4.78, 5) is 15.8. The number of aryl methyl sites for hydroxylation is 1. The van der Waals surface area contributed by atoms with Crippen LogP contribution in [-0.2, 0) is 9.53 Å². The molecule has 0 aromatic carbocycles. The molecule has 1 fully saturated rings. The van der Waals surface area contributed by atoms with E-state index in [2.05, 4.69) is 10.3 Å². The number of hydrogen-bond acceptors (Lipinski definition) is 5. The van der Waals surface area contributed by atoms with Gasteiger partial charge in [-0.15, -0.1) is 11.3 Å². The van der Waals surface area contributed by atoms with Crippen LogP contribution in [0.4, 0.5) is 5.13 Å². The van der Waals surface area contributed by atoms with Crippen LogP contribution in [0.2, 0.25) is 0 Å². The molecule has 4 nitrogen and oxygen atoms in total. The number of carbonyl (C=O) groups excluding carboxylic acids is 1. The molecule has 0 radical (unpaired) electrons. The van der Waals surface area contributed by atoms with Crippen molar-refractivity contribution in [3.05, 3.63) is 11.1 Å². The van der Waals surface area contributed by atoms with E-state index in [0.717, 1.165) is 36.5 Å². The molecule has 1 aliphatic carbocycles. The number of methoxy groups -OCH3 is 1. The molecule has 1 heterocycles. The van der Waals surface area contributed by atoms with Crippen molar-refractivity contribution in [1.29, 1.82) is 0 Å². The quantitative estimate of drug-likeness (QED) is 0.842. The van der Waals surface area contributed by atoms with Crippen molar-refractivity contribution in [2.45, 2.75) is 38.6 Å². The topological polar surface area (TPSA) is 51.2 Å².